The lowest BCUT2D eigenvalue weighted by atomic mass is 10.1. The Morgan fingerprint density at radius 1 is 1.05 bits per heavy atom. The molecule has 0 spiro atoms. The van der Waals surface area contributed by atoms with E-state index in [1.165, 1.54) is 0 Å². The molecule has 0 saturated carbocycles. The van der Waals surface area contributed by atoms with Crippen molar-refractivity contribution in [3.8, 4) is 0 Å². The van der Waals surface area contributed by atoms with Gasteiger partial charge in [-0.2, -0.15) is 0 Å². The van der Waals surface area contributed by atoms with Gasteiger partial charge in [-0.15, -0.1) is 0 Å². The molecule has 1 fully saturated rings. The molecule has 19 heavy (non-hydrogen) atoms. The van der Waals surface area contributed by atoms with Crippen molar-refractivity contribution < 1.29 is 4.79 Å². The van der Waals surface area contributed by atoms with Crippen molar-refractivity contribution >= 4 is 23.1 Å². The third-order valence-electron chi connectivity index (χ3n) is 3.67. The summed E-state index contributed by atoms with van der Waals surface area (Å²) in [6, 6.07) is 0.243. The number of amides is 1. The van der Waals surface area contributed by atoms with Crippen LogP contribution >= 0.6 is 12.2 Å². The Morgan fingerprint density at radius 3 is 1.84 bits per heavy atom. The summed E-state index contributed by atoms with van der Waals surface area (Å²) in [5.74, 6) is 0.103. The van der Waals surface area contributed by atoms with Gasteiger partial charge in [0.2, 0.25) is 5.91 Å². The van der Waals surface area contributed by atoms with E-state index in [0.29, 0.717) is 4.99 Å². The van der Waals surface area contributed by atoms with Crippen molar-refractivity contribution in [3.05, 3.63) is 0 Å². The quantitative estimate of drug-likeness (QED) is 0.707. The van der Waals surface area contributed by atoms with Crippen molar-refractivity contribution in [3.63, 3.8) is 0 Å². The standard InChI is InChI=1S/C13H26N4OS/c1-9(2)15-13(18)11(4)17-7-5-16(6-8-17)10(3)12(14)19/h9-11H,5-8H2,1-4H3,(H2,14,19)(H,15,18). The molecule has 0 bridgehead atoms. The predicted molar refractivity (Wildman–Crippen MR) is 82.1 cm³/mol. The highest BCUT2D eigenvalue weighted by Crippen LogP contribution is 2.10. The first-order valence-electron chi connectivity index (χ1n) is 6.90. The number of nitrogens with zero attached hydrogens (tertiary/aromatic N) is 2. The molecule has 1 amide bonds. The van der Waals surface area contributed by atoms with Crippen LogP contribution in [0.4, 0.5) is 0 Å². The second-order valence-electron chi connectivity index (χ2n) is 5.49. The Labute approximate surface area is 121 Å². The van der Waals surface area contributed by atoms with Crippen LogP contribution in [0.3, 0.4) is 0 Å². The highest BCUT2D eigenvalue weighted by Gasteiger charge is 2.28. The summed E-state index contributed by atoms with van der Waals surface area (Å²) in [5.41, 5.74) is 5.68. The summed E-state index contributed by atoms with van der Waals surface area (Å²) in [4.78, 5) is 17.0. The van der Waals surface area contributed by atoms with Crippen molar-refractivity contribution in [1.82, 2.24) is 15.1 Å². The summed E-state index contributed by atoms with van der Waals surface area (Å²) < 4.78 is 0. The zero-order chi connectivity index (χ0) is 14.6. The number of piperazine rings is 1. The van der Waals surface area contributed by atoms with E-state index in [0.717, 1.165) is 26.2 Å². The zero-order valence-electron chi connectivity index (χ0n) is 12.3. The molecule has 1 aliphatic rings. The number of thiocarbonyl (C=S) groups is 1. The van der Waals surface area contributed by atoms with E-state index in [4.69, 9.17) is 18.0 Å². The van der Waals surface area contributed by atoms with Crippen molar-refractivity contribution in [1.29, 1.82) is 0 Å². The summed E-state index contributed by atoms with van der Waals surface area (Å²) in [6.07, 6.45) is 0. The predicted octanol–water partition coefficient (Wildman–Crippen LogP) is 0.192. The third kappa shape index (κ3) is 4.71. The molecule has 0 aromatic rings. The fourth-order valence-electron chi connectivity index (χ4n) is 2.26. The van der Waals surface area contributed by atoms with Gasteiger partial charge in [0, 0.05) is 32.2 Å². The molecule has 0 radical (unpaired) electrons. The first kappa shape index (κ1) is 16.3. The minimum absolute atomic E-state index is 0.0790. The molecule has 1 heterocycles. The average molecular weight is 286 g/mol. The monoisotopic (exact) mass is 286 g/mol. The number of carbonyl (C=O) groups is 1. The lowest BCUT2D eigenvalue weighted by molar-refractivity contribution is -0.127. The highest BCUT2D eigenvalue weighted by atomic mass is 32.1. The first-order chi connectivity index (χ1) is 8.82. The SMILES string of the molecule is CC(C)NC(=O)C(C)N1CCN(C(C)C(N)=S)CC1. The Bertz CT molecular complexity index is 327. The van der Waals surface area contributed by atoms with Crippen molar-refractivity contribution in [2.24, 2.45) is 5.73 Å². The van der Waals surface area contributed by atoms with Crippen molar-refractivity contribution in [2.45, 2.75) is 45.8 Å². The van der Waals surface area contributed by atoms with Gasteiger partial charge < -0.3 is 11.1 Å². The van der Waals surface area contributed by atoms with Gasteiger partial charge in [0.1, 0.15) is 0 Å². The van der Waals surface area contributed by atoms with Gasteiger partial charge in [-0.1, -0.05) is 12.2 Å². The number of nitrogens with one attached hydrogen (secondary N) is 1. The Hall–Kier alpha value is -0.720. The third-order valence-corrected chi connectivity index (χ3v) is 4.01. The maximum absolute atomic E-state index is 12.0. The smallest absolute Gasteiger partial charge is 0.237 e. The summed E-state index contributed by atoms with van der Waals surface area (Å²) in [6.45, 7) is 11.5. The van der Waals surface area contributed by atoms with Gasteiger partial charge >= 0.3 is 0 Å². The fraction of sp³-hybridized carbons (Fsp3) is 0.846. The largest absolute Gasteiger partial charge is 0.392 e. The molecule has 6 heteroatoms. The van der Waals surface area contributed by atoms with Crippen LogP contribution in [0.1, 0.15) is 27.7 Å². The van der Waals surface area contributed by atoms with Crippen LogP contribution in [0.25, 0.3) is 0 Å². The van der Waals surface area contributed by atoms with Crippen LogP contribution in [0, 0.1) is 0 Å². The molecule has 0 aliphatic carbocycles. The molecule has 1 aliphatic heterocycles. The number of nitrogens with two attached hydrogens (primary N) is 1. The maximum atomic E-state index is 12.0. The zero-order valence-corrected chi connectivity index (χ0v) is 13.2. The molecular weight excluding hydrogens is 260 g/mol. The van der Waals surface area contributed by atoms with Crippen LogP contribution in [0.5, 0.6) is 0 Å². The Morgan fingerprint density at radius 2 is 1.47 bits per heavy atom. The van der Waals surface area contributed by atoms with Crippen LogP contribution in [-0.2, 0) is 4.79 Å². The molecule has 0 aromatic heterocycles. The number of rotatable bonds is 5. The van der Waals surface area contributed by atoms with Crippen LogP contribution in [-0.4, -0.2) is 65.0 Å². The van der Waals surface area contributed by atoms with Gasteiger partial charge in [0.05, 0.1) is 17.1 Å². The van der Waals surface area contributed by atoms with E-state index < -0.39 is 0 Å². The second kappa shape index (κ2) is 7.17. The molecule has 3 N–H and O–H groups in total. The van der Waals surface area contributed by atoms with Crippen LogP contribution < -0.4 is 11.1 Å². The van der Waals surface area contributed by atoms with E-state index in [9.17, 15) is 4.79 Å². The normalized spacial score (nSPS) is 21.1. The van der Waals surface area contributed by atoms with Gasteiger partial charge in [-0.25, -0.2) is 0 Å². The van der Waals surface area contributed by atoms with Crippen LogP contribution in [0.2, 0.25) is 0 Å². The molecular formula is C13H26N4OS. The molecule has 1 rings (SSSR count). The Balaban J connectivity index is 2.45. The maximum Gasteiger partial charge on any atom is 0.237 e. The van der Waals surface area contributed by atoms with E-state index in [1.807, 2.05) is 27.7 Å². The van der Waals surface area contributed by atoms with Gasteiger partial charge in [-0.3, -0.25) is 14.6 Å². The molecule has 2 atom stereocenters. The molecule has 2 unspecified atom stereocenters. The molecule has 1 saturated heterocycles. The lowest BCUT2D eigenvalue weighted by Gasteiger charge is -2.39. The topological polar surface area (TPSA) is 61.6 Å². The minimum atomic E-state index is -0.0790. The molecule has 0 aromatic carbocycles. The summed E-state index contributed by atoms with van der Waals surface area (Å²) >= 11 is 5.03. The van der Waals surface area contributed by atoms with Crippen LogP contribution in [0.15, 0.2) is 0 Å². The number of hydrogen-bond acceptors (Lipinski definition) is 4. The minimum Gasteiger partial charge on any atom is -0.392 e. The van der Waals surface area contributed by atoms with E-state index in [1.54, 1.807) is 0 Å². The summed E-state index contributed by atoms with van der Waals surface area (Å²) in [7, 11) is 0. The van der Waals surface area contributed by atoms with E-state index >= 15 is 0 Å². The van der Waals surface area contributed by atoms with Gasteiger partial charge in [0.15, 0.2) is 0 Å². The highest BCUT2D eigenvalue weighted by molar-refractivity contribution is 7.80. The first-order valence-corrected chi connectivity index (χ1v) is 7.31. The van der Waals surface area contributed by atoms with E-state index in [2.05, 4.69) is 15.1 Å². The molecule has 110 valence electrons. The number of hydrogen-bond donors (Lipinski definition) is 2. The molecule has 5 nitrogen and oxygen atoms in total. The average Bonchev–Trinajstić information content (AvgIpc) is 2.36. The van der Waals surface area contributed by atoms with Gasteiger partial charge in [-0.05, 0) is 27.7 Å². The van der Waals surface area contributed by atoms with Crippen molar-refractivity contribution in [2.75, 3.05) is 26.2 Å². The number of carbonyl (C=O) groups excluding carboxylic acids is 1. The second-order valence-corrected chi connectivity index (χ2v) is 5.96. The lowest BCUT2D eigenvalue weighted by Crippen LogP contribution is -2.57. The fourth-order valence-corrected chi connectivity index (χ4v) is 2.41. The van der Waals surface area contributed by atoms with Gasteiger partial charge in [0.25, 0.3) is 0 Å². The van der Waals surface area contributed by atoms with E-state index in [-0.39, 0.29) is 24.0 Å². The summed E-state index contributed by atoms with van der Waals surface area (Å²) in [5, 5.41) is 2.96. The Kier molecular flexibility index (Phi) is 6.16.